The molecule has 18 heavy (non-hydrogen) atoms. The lowest BCUT2D eigenvalue weighted by atomic mass is 9.85. The largest absolute Gasteiger partial charge is 0.481 e. The molecule has 2 rings (SSSR count). The third-order valence-corrected chi connectivity index (χ3v) is 3.55. The van der Waals surface area contributed by atoms with Crippen LogP contribution < -0.4 is 5.32 Å². The summed E-state index contributed by atoms with van der Waals surface area (Å²) < 4.78 is 0. The van der Waals surface area contributed by atoms with E-state index >= 15 is 0 Å². The Morgan fingerprint density at radius 2 is 2.28 bits per heavy atom. The number of hydrogen-bond acceptors (Lipinski definition) is 4. The number of hydrogen-bond donors (Lipinski definition) is 3. The smallest absolute Gasteiger partial charge is 0.311 e. The molecule has 1 aliphatic carbocycles. The third-order valence-electron chi connectivity index (χ3n) is 3.55. The van der Waals surface area contributed by atoms with Gasteiger partial charge in [0.25, 0.3) is 5.91 Å². The summed E-state index contributed by atoms with van der Waals surface area (Å²) in [6.07, 6.45) is 2.03. The van der Waals surface area contributed by atoms with E-state index in [1.807, 2.05) is 0 Å². The van der Waals surface area contributed by atoms with Crippen molar-refractivity contribution in [3.63, 3.8) is 0 Å². The molecule has 0 bridgehead atoms. The fourth-order valence-corrected chi connectivity index (χ4v) is 2.32. The van der Waals surface area contributed by atoms with Crippen molar-refractivity contribution < 1.29 is 14.7 Å². The van der Waals surface area contributed by atoms with Gasteiger partial charge in [0.05, 0.1) is 5.41 Å². The van der Waals surface area contributed by atoms with Gasteiger partial charge in [-0.15, -0.1) is 5.10 Å². The van der Waals surface area contributed by atoms with Crippen LogP contribution in [-0.2, 0) is 4.79 Å². The number of aromatic nitrogens is 3. The van der Waals surface area contributed by atoms with E-state index in [-0.39, 0.29) is 11.9 Å². The minimum absolute atomic E-state index is 0.0483. The number of carboxylic acids is 1. The van der Waals surface area contributed by atoms with E-state index in [4.69, 9.17) is 0 Å². The predicted octanol–water partition coefficient (Wildman–Crippen LogP) is 0.486. The van der Waals surface area contributed by atoms with E-state index in [2.05, 4.69) is 20.5 Å². The maximum atomic E-state index is 11.9. The average molecular weight is 252 g/mol. The van der Waals surface area contributed by atoms with Crippen LogP contribution >= 0.6 is 0 Å². The number of carbonyl (C=O) groups is 2. The van der Waals surface area contributed by atoms with Crippen LogP contribution in [0.15, 0.2) is 0 Å². The molecule has 98 valence electrons. The molecular weight excluding hydrogens is 236 g/mol. The molecule has 0 aromatic carbocycles. The van der Waals surface area contributed by atoms with Crippen molar-refractivity contribution in [2.75, 3.05) is 0 Å². The van der Waals surface area contributed by atoms with Crippen molar-refractivity contribution in [1.82, 2.24) is 20.5 Å². The Hall–Kier alpha value is -1.92. The molecule has 2 atom stereocenters. The summed E-state index contributed by atoms with van der Waals surface area (Å²) in [7, 11) is 0. The van der Waals surface area contributed by atoms with Crippen molar-refractivity contribution in [2.45, 2.75) is 39.2 Å². The second-order valence-corrected chi connectivity index (χ2v) is 4.89. The summed E-state index contributed by atoms with van der Waals surface area (Å²) in [5.74, 6) is -0.713. The molecule has 1 saturated carbocycles. The molecule has 0 spiro atoms. The monoisotopic (exact) mass is 252 g/mol. The van der Waals surface area contributed by atoms with E-state index in [1.165, 1.54) is 0 Å². The fraction of sp³-hybridized carbons (Fsp3) is 0.636. The Morgan fingerprint density at radius 1 is 1.56 bits per heavy atom. The van der Waals surface area contributed by atoms with Gasteiger partial charge in [0.15, 0.2) is 0 Å². The highest BCUT2D eigenvalue weighted by molar-refractivity contribution is 5.91. The van der Waals surface area contributed by atoms with Crippen LogP contribution in [0.4, 0.5) is 0 Å². The van der Waals surface area contributed by atoms with Crippen LogP contribution in [0.1, 0.15) is 42.6 Å². The summed E-state index contributed by atoms with van der Waals surface area (Å²) in [6.45, 7) is 3.36. The molecule has 0 saturated heterocycles. The predicted molar refractivity (Wildman–Crippen MR) is 62.0 cm³/mol. The number of rotatable bonds is 3. The zero-order chi connectivity index (χ0) is 13.3. The highest BCUT2D eigenvalue weighted by Gasteiger charge is 2.46. The van der Waals surface area contributed by atoms with Crippen LogP contribution in [-0.4, -0.2) is 38.2 Å². The van der Waals surface area contributed by atoms with Crippen LogP contribution in [0.3, 0.4) is 0 Å². The van der Waals surface area contributed by atoms with E-state index in [1.54, 1.807) is 13.8 Å². The standard InChI is InChI=1S/C11H16N4O3/c1-6-12-8(15-14-6)9(16)13-7-4-3-5-11(7,2)10(17)18/h7H,3-5H2,1-2H3,(H,13,16)(H,17,18)(H,12,14,15). The lowest BCUT2D eigenvalue weighted by Gasteiger charge is -2.27. The number of H-pyrrole nitrogens is 1. The number of carbonyl (C=O) groups excluding carboxylic acids is 1. The van der Waals surface area contributed by atoms with Gasteiger partial charge < -0.3 is 10.4 Å². The zero-order valence-corrected chi connectivity index (χ0v) is 10.4. The number of aromatic amines is 1. The highest BCUT2D eigenvalue weighted by atomic mass is 16.4. The minimum Gasteiger partial charge on any atom is -0.481 e. The number of amides is 1. The number of nitrogens with one attached hydrogen (secondary N) is 2. The number of aliphatic carboxylic acids is 1. The van der Waals surface area contributed by atoms with Crippen LogP contribution in [0.2, 0.25) is 0 Å². The van der Waals surface area contributed by atoms with Gasteiger partial charge in [0.2, 0.25) is 5.82 Å². The molecule has 1 amide bonds. The van der Waals surface area contributed by atoms with Gasteiger partial charge in [-0.1, -0.05) is 6.42 Å². The van der Waals surface area contributed by atoms with Crippen LogP contribution in [0.25, 0.3) is 0 Å². The fourth-order valence-electron chi connectivity index (χ4n) is 2.32. The van der Waals surface area contributed by atoms with Gasteiger partial charge in [-0.2, -0.15) is 0 Å². The molecular formula is C11H16N4O3. The lowest BCUT2D eigenvalue weighted by molar-refractivity contribution is -0.148. The van der Waals surface area contributed by atoms with Crippen LogP contribution in [0.5, 0.6) is 0 Å². The number of carboxylic acid groups (broad SMARTS) is 1. The average Bonchev–Trinajstić information content (AvgIpc) is 2.87. The molecule has 0 radical (unpaired) electrons. The third kappa shape index (κ3) is 2.07. The van der Waals surface area contributed by atoms with Gasteiger partial charge in [-0.05, 0) is 26.7 Å². The summed E-state index contributed by atoms with van der Waals surface area (Å²) in [5, 5.41) is 18.3. The van der Waals surface area contributed by atoms with Gasteiger partial charge in [-0.3, -0.25) is 14.7 Å². The van der Waals surface area contributed by atoms with Gasteiger partial charge in [0.1, 0.15) is 5.82 Å². The van der Waals surface area contributed by atoms with E-state index in [9.17, 15) is 14.7 Å². The highest BCUT2D eigenvalue weighted by Crippen LogP contribution is 2.38. The lowest BCUT2D eigenvalue weighted by Crippen LogP contribution is -2.47. The maximum Gasteiger partial charge on any atom is 0.311 e. The Morgan fingerprint density at radius 3 is 2.83 bits per heavy atom. The Bertz CT molecular complexity index is 484. The normalized spacial score (nSPS) is 27.1. The van der Waals surface area contributed by atoms with Gasteiger partial charge in [-0.25, -0.2) is 4.98 Å². The first-order chi connectivity index (χ1) is 8.43. The summed E-state index contributed by atoms with van der Waals surface area (Å²) in [5.41, 5.74) is -0.902. The SMILES string of the molecule is Cc1nc(C(=O)NC2CCCC2(C)C(=O)O)n[nH]1. The Kier molecular flexibility index (Phi) is 3.06. The van der Waals surface area contributed by atoms with Gasteiger partial charge in [0, 0.05) is 6.04 Å². The second kappa shape index (κ2) is 4.40. The molecule has 1 aliphatic rings. The summed E-state index contributed by atoms with van der Waals surface area (Å²) in [6, 6.07) is -0.374. The van der Waals surface area contributed by atoms with Crippen molar-refractivity contribution >= 4 is 11.9 Å². The molecule has 7 heteroatoms. The second-order valence-electron chi connectivity index (χ2n) is 4.89. The molecule has 1 fully saturated rings. The van der Waals surface area contributed by atoms with Crippen molar-refractivity contribution in [2.24, 2.45) is 5.41 Å². The first kappa shape index (κ1) is 12.5. The molecule has 1 aromatic rings. The quantitative estimate of drug-likeness (QED) is 0.725. The van der Waals surface area contributed by atoms with Gasteiger partial charge >= 0.3 is 5.97 Å². The molecule has 2 unspecified atom stereocenters. The van der Waals surface area contributed by atoms with Crippen LogP contribution in [0, 0.1) is 12.3 Å². The maximum absolute atomic E-state index is 11.9. The number of nitrogens with zero attached hydrogens (tertiary/aromatic N) is 2. The van der Waals surface area contributed by atoms with E-state index in [0.29, 0.717) is 18.7 Å². The van der Waals surface area contributed by atoms with E-state index < -0.39 is 17.3 Å². The first-order valence-electron chi connectivity index (χ1n) is 5.87. The topological polar surface area (TPSA) is 108 Å². The summed E-state index contributed by atoms with van der Waals surface area (Å²) >= 11 is 0. The molecule has 1 aromatic heterocycles. The Labute approximate surface area is 104 Å². The van der Waals surface area contributed by atoms with Crippen molar-refractivity contribution in [3.8, 4) is 0 Å². The molecule has 7 nitrogen and oxygen atoms in total. The Balaban J connectivity index is 2.10. The molecule has 1 heterocycles. The van der Waals surface area contributed by atoms with E-state index in [0.717, 1.165) is 6.42 Å². The molecule has 0 aliphatic heterocycles. The summed E-state index contributed by atoms with van der Waals surface area (Å²) in [4.78, 5) is 27.1. The molecule has 3 N–H and O–H groups in total. The van der Waals surface area contributed by atoms with Crippen molar-refractivity contribution in [1.29, 1.82) is 0 Å². The minimum atomic E-state index is -0.902. The van der Waals surface area contributed by atoms with Crippen molar-refractivity contribution in [3.05, 3.63) is 11.6 Å². The first-order valence-corrected chi connectivity index (χ1v) is 5.87. The zero-order valence-electron chi connectivity index (χ0n) is 10.4. The number of aryl methyl sites for hydroxylation is 1.